The van der Waals surface area contributed by atoms with Gasteiger partial charge in [0, 0.05) is 10.6 Å². The quantitative estimate of drug-likeness (QED) is 0.261. The minimum atomic E-state index is -1.07. The van der Waals surface area contributed by atoms with Crippen LogP contribution < -0.4 is 9.64 Å². The molecule has 0 atom stereocenters. The van der Waals surface area contributed by atoms with Crippen LogP contribution in [0.3, 0.4) is 0 Å². The molecule has 194 valence electrons. The number of carboxylic acids is 1. The Bertz CT molecular complexity index is 1410. The summed E-state index contributed by atoms with van der Waals surface area (Å²) < 4.78 is 23.3. The number of aryl methyl sites for hydroxylation is 2. The SMILES string of the molecule is C=C(F)C(=O)N(c1ccc2c(n1)c(O[C@H]1CC[C@H](C(=O)O)CC1)nn2C)c1cc(C)c(I)cc1C1CC1. The molecule has 8 nitrogen and oxygen atoms in total. The number of anilines is 2. The molecule has 5 rings (SSSR count). The number of hydrogen-bond acceptors (Lipinski definition) is 5. The van der Waals surface area contributed by atoms with E-state index >= 15 is 0 Å². The summed E-state index contributed by atoms with van der Waals surface area (Å²) in [6.07, 6.45) is 4.15. The second-order valence-corrected chi connectivity index (χ2v) is 11.0. The lowest BCUT2D eigenvalue weighted by atomic mass is 9.87. The molecule has 0 spiro atoms. The summed E-state index contributed by atoms with van der Waals surface area (Å²) in [5, 5.41) is 13.8. The Labute approximate surface area is 227 Å². The maximum atomic E-state index is 14.3. The van der Waals surface area contributed by atoms with Gasteiger partial charge in [-0.05, 0) is 109 Å². The number of pyridine rings is 1. The largest absolute Gasteiger partial charge is 0.481 e. The molecule has 10 heteroatoms. The van der Waals surface area contributed by atoms with E-state index in [0.717, 1.165) is 27.5 Å². The fraction of sp³-hybridized carbons (Fsp3) is 0.407. The molecule has 2 aliphatic rings. The molecule has 0 unspecified atom stereocenters. The van der Waals surface area contributed by atoms with Gasteiger partial charge in [0.15, 0.2) is 11.3 Å². The van der Waals surface area contributed by atoms with Crippen molar-refractivity contribution in [1.29, 1.82) is 0 Å². The summed E-state index contributed by atoms with van der Waals surface area (Å²) >= 11 is 2.28. The van der Waals surface area contributed by atoms with Crippen molar-refractivity contribution in [2.75, 3.05) is 4.90 Å². The first-order chi connectivity index (χ1) is 17.6. The number of rotatable bonds is 7. The first-order valence-electron chi connectivity index (χ1n) is 12.4. The average molecular weight is 618 g/mol. The lowest BCUT2D eigenvalue weighted by Crippen LogP contribution is -2.28. The van der Waals surface area contributed by atoms with Gasteiger partial charge in [0.05, 0.1) is 17.1 Å². The van der Waals surface area contributed by atoms with Crippen LogP contribution in [0.1, 0.15) is 55.6 Å². The molecule has 2 saturated carbocycles. The van der Waals surface area contributed by atoms with Crippen LogP contribution in [0.15, 0.2) is 36.7 Å². The topological polar surface area (TPSA) is 97.6 Å². The van der Waals surface area contributed by atoms with E-state index in [0.29, 0.717) is 54.2 Å². The minimum Gasteiger partial charge on any atom is -0.481 e. The van der Waals surface area contributed by atoms with E-state index in [1.54, 1.807) is 23.9 Å². The number of aliphatic carboxylic acids is 1. The molecule has 0 radical (unpaired) electrons. The van der Waals surface area contributed by atoms with Gasteiger partial charge in [0.2, 0.25) is 0 Å². The summed E-state index contributed by atoms with van der Waals surface area (Å²) in [4.78, 5) is 30.5. The Hall–Kier alpha value is -3.02. The van der Waals surface area contributed by atoms with Crippen LogP contribution in [0, 0.1) is 16.4 Å². The number of ether oxygens (including phenoxy) is 1. The summed E-state index contributed by atoms with van der Waals surface area (Å²) in [6.45, 7) is 5.22. The highest BCUT2D eigenvalue weighted by Gasteiger charge is 2.33. The van der Waals surface area contributed by atoms with Crippen LogP contribution in [0.25, 0.3) is 11.0 Å². The lowest BCUT2D eigenvalue weighted by molar-refractivity contribution is -0.143. The Kier molecular flexibility index (Phi) is 6.95. The summed E-state index contributed by atoms with van der Waals surface area (Å²) in [5.74, 6) is -2.18. The van der Waals surface area contributed by atoms with Gasteiger partial charge in [-0.25, -0.2) is 9.37 Å². The molecule has 2 aromatic heterocycles. The zero-order valence-corrected chi connectivity index (χ0v) is 22.9. The third-order valence-corrected chi connectivity index (χ3v) is 8.35. The fourth-order valence-corrected chi connectivity index (χ4v) is 5.43. The van der Waals surface area contributed by atoms with Gasteiger partial charge >= 0.3 is 5.97 Å². The van der Waals surface area contributed by atoms with Crippen LogP contribution >= 0.6 is 22.6 Å². The minimum absolute atomic E-state index is 0.178. The molecule has 2 heterocycles. The third-order valence-electron chi connectivity index (χ3n) is 7.18. The fourth-order valence-electron chi connectivity index (χ4n) is 4.94. The van der Waals surface area contributed by atoms with Crippen molar-refractivity contribution in [3.63, 3.8) is 0 Å². The molecule has 2 fully saturated rings. The van der Waals surface area contributed by atoms with Crippen molar-refractivity contribution in [3.05, 3.63) is 51.4 Å². The second-order valence-electron chi connectivity index (χ2n) is 9.88. The Balaban J connectivity index is 1.55. The molecule has 0 bridgehead atoms. The number of carboxylic acid groups (broad SMARTS) is 1. The highest BCUT2D eigenvalue weighted by molar-refractivity contribution is 14.1. The zero-order valence-electron chi connectivity index (χ0n) is 20.7. The predicted molar refractivity (Wildman–Crippen MR) is 146 cm³/mol. The van der Waals surface area contributed by atoms with Gasteiger partial charge < -0.3 is 9.84 Å². The first kappa shape index (κ1) is 25.6. The molecule has 1 amide bonds. The maximum absolute atomic E-state index is 14.3. The molecular formula is C27H28FIN4O4. The smallest absolute Gasteiger partial charge is 0.306 e. The number of halogens is 2. The van der Waals surface area contributed by atoms with Gasteiger partial charge in [-0.15, -0.1) is 5.10 Å². The highest BCUT2D eigenvalue weighted by atomic mass is 127. The van der Waals surface area contributed by atoms with Crippen LogP contribution in [0.5, 0.6) is 5.88 Å². The van der Waals surface area contributed by atoms with Crippen molar-refractivity contribution in [2.45, 2.75) is 57.5 Å². The van der Waals surface area contributed by atoms with Crippen molar-refractivity contribution >= 4 is 57.0 Å². The van der Waals surface area contributed by atoms with Gasteiger partial charge in [-0.2, -0.15) is 0 Å². The maximum Gasteiger partial charge on any atom is 0.306 e. The van der Waals surface area contributed by atoms with Gasteiger partial charge in [0.1, 0.15) is 11.9 Å². The Morgan fingerprint density at radius 3 is 2.51 bits per heavy atom. The Morgan fingerprint density at radius 1 is 1.19 bits per heavy atom. The van der Waals surface area contributed by atoms with E-state index in [1.165, 1.54) is 4.90 Å². The van der Waals surface area contributed by atoms with E-state index < -0.39 is 17.7 Å². The predicted octanol–water partition coefficient (Wildman–Crippen LogP) is 5.93. The summed E-state index contributed by atoms with van der Waals surface area (Å²) in [6, 6.07) is 7.44. The number of nitrogens with zero attached hydrogens (tertiary/aromatic N) is 4. The van der Waals surface area contributed by atoms with Crippen LogP contribution in [-0.4, -0.2) is 37.9 Å². The van der Waals surface area contributed by atoms with Crippen molar-refractivity contribution in [3.8, 4) is 5.88 Å². The molecule has 3 aromatic rings. The standard InChI is InChI=1S/C27H28FIN4O4/c1-14-12-22(19(13-20(14)29)16-4-5-16)33(26(34)15(2)28)23-11-10-21-24(30-23)25(31-32(21)3)37-18-8-6-17(7-9-18)27(35)36/h10-13,16-18H,2,4-9H2,1,3H3,(H,35,36)/t17-,18-. The first-order valence-corrected chi connectivity index (χ1v) is 13.4. The number of amides is 1. The van der Waals surface area contributed by atoms with E-state index in [9.17, 15) is 19.1 Å². The number of hydrogen-bond donors (Lipinski definition) is 1. The van der Waals surface area contributed by atoms with Crippen molar-refractivity contribution in [2.24, 2.45) is 13.0 Å². The lowest BCUT2D eigenvalue weighted by Gasteiger charge is -2.26. The van der Waals surface area contributed by atoms with E-state index in [-0.39, 0.29) is 17.8 Å². The van der Waals surface area contributed by atoms with Gasteiger partial charge in [0.25, 0.3) is 11.8 Å². The van der Waals surface area contributed by atoms with Gasteiger partial charge in [-0.1, -0.05) is 6.58 Å². The number of aromatic nitrogens is 3. The Morgan fingerprint density at radius 2 is 1.89 bits per heavy atom. The number of benzene rings is 1. The third kappa shape index (κ3) is 5.07. The van der Waals surface area contributed by atoms with E-state index in [4.69, 9.17) is 9.72 Å². The number of carbonyl (C=O) groups is 2. The molecule has 37 heavy (non-hydrogen) atoms. The summed E-state index contributed by atoms with van der Waals surface area (Å²) in [5.41, 5.74) is 3.73. The molecule has 2 aliphatic carbocycles. The van der Waals surface area contributed by atoms with Crippen LogP contribution in [0.4, 0.5) is 15.9 Å². The van der Waals surface area contributed by atoms with E-state index in [2.05, 4.69) is 40.3 Å². The van der Waals surface area contributed by atoms with Crippen LogP contribution in [-0.2, 0) is 16.6 Å². The van der Waals surface area contributed by atoms with Gasteiger partial charge in [-0.3, -0.25) is 19.2 Å². The summed E-state index contributed by atoms with van der Waals surface area (Å²) in [7, 11) is 1.78. The molecule has 0 aliphatic heterocycles. The van der Waals surface area contributed by atoms with Crippen LogP contribution in [0.2, 0.25) is 0 Å². The zero-order chi connectivity index (χ0) is 26.4. The number of carbonyl (C=O) groups excluding carboxylic acids is 1. The highest BCUT2D eigenvalue weighted by Crippen LogP contribution is 2.47. The average Bonchev–Trinajstić information content (AvgIpc) is 3.66. The van der Waals surface area contributed by atoms with Crippen molar-refractivity contribution in [1.82, 2.24) is 14.8 Å². The van der Waals surface area contributed by atoms with E-state index in [1.807, 2.05) is 13.0 Å². The molecule has 1 N–H and O–H groups in total. The second kappa shape index (κ2) is 10.0. The molecular weight excluding hydrogens is 590 g/mol. The monoisotopic (exact) mass is 618 g/mol. The van der Waals surface area contributed by atoms with Crippen molar-refractivity contribution < 1.29 is 23.8 Å². The molecule has 1 aromatic carbocycles. The normalized spacial score (nSPS) is 19.6. The number of fused-ring (bicyclic) bond motifs is 1. The molecule has 0 saturated heterocycles.